The molecule has 1 aliphatic rings. The third-order valence-corrected chi connectivity index (χ3v) is 3.28. The Kier molecular flexibility index (Phi) is 2.57. The Morgan fingerprint density at radius 2 is 2.10 bits per heavy atom. The van der Waals surface area contributed by atoms with Gasteiger partial charge in [-0.2, -0.15) is 0 Å². The maximum atomic E-state index is 10.5. The summed E-state index contributed by atoms with van der Waals surface area (Å²) in [5, 5.41) is 1.19. The van der Waals surface area contributed by atoms with Crippen molar-refractivity contribution in [2.75, 3.05) is 17.3 Å². The van der Waals surface area contributed by atoms with Gasteiger partial charge in [0.15, 0.2) is 5.60 Å². The average Bonchev–Trinajstić information content (AvgIpc) is 2.33. The first kappa shape index (κ1) is 8.33. The van der Waals surface area contributed by atoms with Crippen molar-refractivity contribution in [1.29, 1.82) is 0 Å². The van der Waals surface area contributed by atoms with Crippen molar-refractivity contribution in [3.63, 3.8) is 0 Å². The molecule has 1 heterocycles. The second-order valence-corrected chi connectivity index (χ2v) is 3.21. The van der Waals surface area contributed by atoms with Crippen LogP contribution in [0, 0.1) is 0 Å². The largest absolute Gasteiger partial charge is 0.509 e. The molecule has 0 saturated carbocycles. The van der Waals surface area contributed by atoms with E-state index in [9.17, 15) is 4.79 Å². The predicted molar refractivity (Wildman–Crippen MR) is 42.8 cm³/mol. The molecule has 1 saturated heterocycles. The molecular weight excluding hydrogens is 268 g/mol. The first-order valence-corrected chi connectivity index (χ1v) is 4.94. The van der Waals surface area contributed by atoms with Crippen molar-refractivity contribution in [1.82, 2.24) is 0 Å². The second-order valence-electron chi connectivity index (χ2n) is 2.09. The van der Waals surface area contributed by atoms with Crippen LogP contribution in [-0.4, -0.2) is 29.0 Å². The van der Waals surface area contributed by atoms with E-state index in [1.54, 1.807) is 0 Å². The number of carbonyl (C=O) groups is 1. The van der Waals surface area contributed by atoms with Gasteiger partial charge in [-0.15, -0.1) is 0 Å². The number of rotatable bonds is 2. The minimum absolute atomic E-state index is 0.322. The standard InChI is InChI=1S/C5H6Br2O3/c6-1-5(2-7)3-9-4(8)10-5/h1-3H2. The van der Waals surface area contributed by atoms with E-state index in [-0.39, 0.29) is 0 Å². The number of hydrogen-bond acceptors (Lipinski definition) is 3. The van der Waals surface area contributed by atoms with Crippen LogP contribution in [0.4, 0.5) is 4.79 Å². The fraction of sp³-hybridized carbons (Fsp3) is 0.800. The molecule has 0 amide bonds. The topological polar surface area (TPSA) is 35.5 Å². The summed E-state index contributed by atoms with van der Waals surface area (Å²) in [6.07, 6.45) is -0.584. The molecule has 3 nitrogen and oxygen atoms in total. The zero-order valence-corrected chi connectivity index (χ0v) is 8.27. The van der Waals surface area contributed by atoms with Gasteiger partial charge < -0.3 is 9.47 Å². The van der Waals surface area contributed by atoms with E-state index >= 15 is 0 Å². The van der Waals surface area contributed by atoms with Crippen LogP contribution in [0.5, 0.6) is 0 Å². The second kappa shape index (κ2) is 3.09. The van der Waals surface area contributed by atoms with Crippen LogP contribution >= 0.6 is 31.9 Å². The summed E-state index contributed by atoms with van der Waals surface area (Å²) < 4.78 is 9.52. The molecule has 0 aromatic heterocycles. The molecule has 0 spiro atoms. The van der Waals surface area contributed by atoms with Crippen LogP contribution in [0.3, 0.4) is 0 Å². The van der Waals surface area contributed by atoms with E-state index in [1.807, 2.05) is 0 Å². The maximum absolute atomic E-state index is 10.5. The van der Waals surface area contributed by atoms with Crippen LogP contribution < -0.4 is 0 Å². The van der Waals surface area contributed by atoms with Crippen molar-refractivity contribution in [3.05, 3.63) is 0 Å². The summed E-state index contributed by atoms with van der Waals surface area (Å²) in [5.74, 6) is 0. The Morgan fingerprint density at radius 3 is 2.30 bits per heavy atom. The van der Waals surface area contributed by atoms with Crippen molar-refractivity contribution in [2.24, 2.45) is 0 Å². The SMILES string of the molecule is O=C1OCC(CBr)(CBr)O1. The Bertz CT molecular complexity index is 144. The average molecular weight is 274 g/mol. The lowest BCUT2D eigenvalue weighted by molar-refractivity contribution is 0.0907. The molecule has 1 aliphatic heterocycles. The Morgan fingerprint density at radius 1 is 1.50 bits per heavy atom. The van der Waals surface area contributed by atoms with Crippen molar-refractivity contribution < 1.29 is 14.3 Å². The highest BCUT2D eigenvalue weighted by Crippen LogP contribution is 2.24. The molecule has 5 heteroatoms. The van der Waals surface area contributed by atoms with Crippen LogP contribution in [0.25, 0.3) is 0 Å². The molecule has 0 aromatic carbocycles. The summed E-state index contributed by atoms with van der Waals surface area (Å²) in [6.45, 7) is 0.322. The van der Waals surface area contributed by atoms with E-state index in [4.69, 9.17) is 4.74 Å². The van der Waals surface area contributed by atoms with Crippen LogP contribution in [0.2, 0.25) is 0 Å². The first-order chi connectivity index (χ1) is 4.72. The summed E-state index contributed by atoms with van der Waals surface area (Å²) in [7, 11) is 0. The van der Waals surface area contributed by atoms with Gasteiger partial charge in [-0.25, -0.2) is 4.79 Å². The first-order valence-electron chi connectivity index (χ1n) is 2.70. The van der Waals surface area contributed by atoms with Gasteiger partial charge in [0.1, 0.15) is 6.61 Å². The summed E-state index contributed by atoms with van der Waals surface area (Å²) >= 11 is 6.47. The number of carbonyl (C=O) groups excluding carboxylic acids is 1. The molecule has 1 fully saturated rings. The highest BCUT2D eigenvalue weighted by molar-refractivity contribution is 9.09. The number of alkyl halides is 2. The quantitative estimate of drug-likeness (QED) is 0.567. The van der Waals surface area contributed by atoms with Crippen molar-refractivity contribution in [2.45, 2.75) is 5.60 Å². The number of cyclic esters (lactones) is 2. The van der Waals surface area contributed by atoms with Gasteiger partial charge in [0.05, 0.1) is 0 Å². The molecule has 0 unspecified atom stereocenters. The zero-order chi connectivity index (χ0) is 7.61. The lowest BCUT2D eigenvalue weighted by atomic mass is 10.2. The summed E-state index contributed by atoms with van der Waals surface area (Å²) in [5.41, 5.74) is -0.489. The third-order valence-electron chi connectivity index (χ3n) is 1.24. The lowest BCUT2D eigenvalue weighted by Gasteiger charge is -2.17. The molecular formula is C5H6Br2O3. The minimum atomic E-state index is -0.584. The zero-order valence-electron chi connectivity index (χ0n) is 5.10. The molecule has 1 rings (SSSR count). The minimum Gasteiger partial charge on any atom is -0.430 e. The van der Waals surface area contributed by atoms with Gasteiger partial charge >= 0.3 is 6.16 Å². The summed E-state index contributed by atoms with van der Waals surface area (Å²) in [4.78, 5) is 10.5. The highest BCUT2D eigenvalue weighted by Gasteiger charge is 2.40. The normalized spacial score (nSPS) is 22.0. The fourth-order valence-electron chi connectivity index (χ4n) is 0.594. The van der Waals surface area contributed by atoms with E-state index in [2.05, 4.69) is 36.6 Å². The molecule has 58 valence electrons. The Labute approximate surface area is 75.3 Å². The van der Waals surface area contributed by atoms with Gasteiger partial charge in [0, 0.05) is 10.7 Å². The number of ether oxygens (including phenoxy) is 2. The predicted octanol–water partition coefficient (Wildman–Crippen LogP) is 1.68. The molecule has 0 aliphatic carbocycles. The maximum Gasteiger partial charge on any atom is 0.509 e. The Hall–Kier alpha value is 0.230. The van der Waals surface area contributed by atoms with Gasteiger partial charge in [-0.05, 0) is 0 Å². The molecule has 0 aromatic rings. The van der Waals surface area contributed by atoms with Gasteiger partial charge in [-0.1, -0.05) is 31.9 Å². The summed E-state index contributed by atoms with van der Waals surface area (Å²) in [6, 6.07) is 0. The Balaban J connectivity index is 2.59. The van der Waals surface area contributed by atoms with E-state index in [0.717, 1.165) is 0 Å². The van der Waals surface area contributed by atoms with Gasteiger partial charge in [0.2, 0.25) is 0 Å². The molecule has 0 radical (unpaired) electrons. The van der Waals surface area contributed by atoms with Gasteiger partial charge in [-0.3, -0.25) is 0 Å². The number of hydrogen-bond donors (Lipinski definition) is 0. The van der Waals surface area contributed by atoms with E-state index in [1.165, 1.54) is 0 Å². The van der Waals surface area contributed by atoms with Crippen LogP contribution in [0.15, 0.2) is 0 Å². The highest BCUT2D eigenvalue weighted by atomic mass is 79.9. The van der Waals surface area contributed by atoms with Gasteiger partial charge in [0.25, 0.3) is 0 Å². The molecule has 0 bridgehead atoms. The number of halogens is 2. The van der Waals surface area contributed by atoms with E-state index in [0.29, 0.717) is 17.3 Å². The van der Waals surface area contributed by atoms with Crippen molar-refractivity contribution >= 4 is 38.0 Å². The molecule has 0 atom stereocenters. The van der Waals surface area contributed by atoms with Crippen molar-refractivity contribution in [3.8, 4) is 0 Å². The van der Waals surface area contributed by atoms with Crippen LogP contribution in [-0.2, 0) is 9.47 Å². The monoisotopic (exact) mass is 272 g/mol. The molecule has 0 N–H and O–H groups in total. The fourth-order valence-corrected chi connectivity index (χ4v) is 2.07. The molecule has 10 heavy (non-hydrogen) atoms. The lowest BCUT2D eigenvalue weighted by Crippen LogP contribution is -2.35. The van der Waals surface area contributed by atoms with E-state index < -0.39 is 11.8 Å². The third kappa shape index (κ3) is 1.45. The smallest absolute Gasteiger partial charge is 0.430 e. The van der Waals surface area contributed by atoms with Crippen LogP contribution in [0.1, 0.15) is 0 Å².